The maximum absolute atomic E-state index is 13.8. The number of esters is 2. The number of ether oxygens (including phenoxy) is 2. The van der Waals surface area contributed by atoms with Gasteiger partial charge in [0.15, 0.2) is 6.61 Å². The summed E-state index contributed by atoms with van der Waals surface area (Å²) in [5, 5.41) is -0.114. The zero-order chi connectivity index (χ0) is 20.3. The van der Waals surface area contributed by atoms with Gasteiger partial charge in [-0.1, -0.05) is 41.9 Å². The van der Waals surface area contributed by atoms with Crippen molar-refractivity contribution < 1.29 is 28.2 Å². The van der Waals surface area contributed by atoms with E-state index in [0.29, 0.717) is 6.42 Å². The SMILES string of the molecule is COC(=O)[C@H]1Cc2ccccc2CN1C(=O)COC(=O)c1c(F)cccc1Cl. The lowest BCUT2D eigenvalue weighted by Crippen LogP contribution is -2.50. The van der Waals surface area contributed by atoms with Crippen LogP contribution in [-0.2, 0) is 32.0 Å². The molecule has 8 heteroatoms. The van der Waals surface area contributed by atoms with Gasteiger partial charge in [0, 0.05) is 13.0 Å². The van der Waals surface area contributed by atoms with E-state index in [9.17, 15) is 18.8 Å². The van der Waals surface area contributed by atoms with Gasteiger partial charge >= 0.3 is 11.9 Å². The second kappa shape index (κ2) is 8.39. The lowest BCUT2D eigenvalue weighted by Gasteiger charge is -2.35. The van der Waals surface area contributed by atoms with Crippen LogP contribution in [0.4, 0.5) is 4.39 Å². The van der Waals surface area contributed by atoms with Crippen LogP contribution in [0.2, 0.25) is 5.02 Å². The largest absolute Gasteiger partial charge is 0.467 e. The Hall–Kier alpha value is -2.93. The first-order valence-electron chi connectivity index (χ1n) is 8.47. The number of rotatable bonds is 4. The first kappa shape index (κ1) is 19.8. The Balaban J connectivity index is 1.75. The van der Waals surface area contributed by atoms with Crippen LogP contribution in [0.5, 0.6) is 0 Å². The van der Waals surface area contributed by atoms with Crippen molar-refractivity contribution in [2.75, 3.05) is 13.7 Å². The third kappa shape index (κ3) is 3.99. The predicted octanol–water partition coefficient (Wildman–Crippen LogP) is 2.76. The molecule has 1 amide bonds. The molecule has 0 radical (unpaired) electrons. The molecule has 28 heavy (non-hydrogen) atoms. The van der Waals surface area contributed by atoms with Crippen molar-refractivity contribution in [3.63, 3.8) is 0 Å². The molecule has 0 bridgehead atoms. The highest BCUT2D eigenvalue weighted by atomic mass is 35.5. The maximum atomic E-state index is 13.8. The minimum atomic E-state index is -1.05. The second-order valence-electron chi connectivity index (χ2n) is 6.21. The molecule has 0 aromatic heterocycles. The van der Waals surface area contributed by atoms with Crippen molar-refractivity contribution in [3.8, 4) is 0 Å². The number of methoxy groups -OCH3 is 1. The minimum Gasteiger partial charge on any atom is -0.467 e. The zero-order valence-electron chi connectivity index (χ0n) is 15.0. The lowest BCUT2D eigenvalue weighted by molar-refractivity contribution is -0.155. The Morgan fingerprint density at radius 3 is 2.54 bits per heavy atom. The van der Waals surface area contributed by atoms with Crippen molar-refractivity contribution in [3.05, 3.63) is 70.0 Å². The summed E-state index contributed by atoms with van der Waals surface area (Å²) in [5.41, 5.74) is 1.39. The van der Waals surface area contributed by atoms with E-state index in [4.69, 9.17) is 21.1 Å². The van der Waals surface area contributed by atoms with E-state index < -0.39 is 41.9 Å². The Morgan fingerprint density at radius 2 is 1.86 bits per heavy atom. The van der Waals surface area contributed by atoms with Crippen LogP contribution < -0.4 is 0 Å². The number of hydrogen-bond donors (Lipinski definition) is 0. The molecule has 0 saturated carbocycles. The van der Waals surface area contributed by atoms with Gasteiger partial charge in [0.2, 0.25) is 0 Å². The Bertz CT molecular complexity index is 912. The molecular formula is C20H17ClFNO5. The number of hydrogen-bond acceptors (Lipinski definition) is 5. The summed E-state index contributed by atoms with van der Waals surface area (Å²) < 4.78 is 23.6. The molecule has 6 nitrogen and oxygen atoms in total. The number of fused-ring (bicyclic) bond motifs is 1. The van der Waals surface area contributed by atoms with Crippen molar-refractivity contribution in [2.45, 2.75) is 19.0 Å². The zero-order valence-corrected chi connectivity index (χ0v) is 15.7. The van der Waals surface area contributed by atoms with Gasteiger partial charge in [0.25, 0.3) is 5.91 Å². The van der Waals surface area contributed by atoms with E-state index >= 15 is 0 Å². The van der Waals surface area contributed by atoms with E-state index in [-0.39, 0.29) is 11.6 Å². The topological polar surface area (TPSA) is 72.9 Å². The van der Waals surface area contributed by atoms with E-state index in [1.54, 1.807) is 0 Å². The van der Waals surface area contributed by atoms with E-state index in [0.717, 1.165) is 17.2 Å². The molecule has 0 saturated heterocycles. The van der Waals surface area contributed by atoms with Gasteiger partial charge in [-0.25, -0.2) is 14.0 Å². The molecule has 1 aliphatic heterocycles. The molecular weight excluding hydrogens is 389 g/mol. The first-order chi connectivity index (χ1) is 13.4. The fourth-order valence-electron chi connectivity index (χ4n) is 3.11. The summed E-state index contributed by atoms with van der Waals surface area (Å²) >= 11 is 5.83. The van der Waals surface area contributed by atoms with Crippen LogP contribution in [0.15, 0.2) is 42.5 Å². The number of halogens is 2. The predicted molar refractivity (Wildman–Crippen MR) is 98.2 cm³/mol. The standard InChI is InChI=1S/C20H17ClFNO5/c1-27-19(25)16-9-12-5-2-3-6-13(12)10-23(16)17(24)11-28-20(26)18-14(21)7-4-8-15(18)22/h2-8,16H,9-11H2,1H3/t16-/m1/s1. The molecule has 2 aromatic rings. The van der Waals surface area contributed by atoms with Crippen molar-refractivity contribution in [1.82, 2.24) is 4.90 Å². The number of carbonyl (C=O) groups is 3. The van der Waals surface area contributed by atoms with Crippen LogP contribution in [-0.4, -0.2) is 42.5 Å². The highest BCUT2D eigenvalue weighted by Gasteiger charge is 2.35. The Morgan fingerprint density at radius 1 is 1.14 bits per heavy atom. The van der Waals surface area contributed by atoms with Gasteiger partial charge in [-0.15, -0.1) is 0 Å². The minimum absolute atomic E-state index is 0.114. The van der Waals surface area contributed by atoms with Gasteiger partial charge in [-0.3, -0.25) is 4.79 Å². The van der Waals surface area contributed by atoms with Gasteiger partial charge in [0.05, 0.1) is 12.1 Å². The van der Waals surface area contributed by atoms with Crippen LogP contribution in [0.25, 0.3) is 0 Å². The molecule has 0 aliphatic carbocycles. The summed E-state index contributed by atoms with van der Waals surface area (Å²) in [5.74, 6) is -3.05. The fraction of sp³-hybridized carbons (Fsp3) is 0.250. The third-order valence-corrected chi connectivity index (χ3v) is 4.85. The Labute approximate surface area is 165 Å². The quantitative estimate of drug-likeness (QED) is 0.731. The molecule has 0 unspecified atom stereocenters. The lowest BCUT2D eigenvalue weighted by atomic mass is 9.94. The summed E-state index contributed by atoms with van der Waals surface area (Å²) in [6, 6.07) is 10.4. The van der Waals surface area contributed by atoms with Crippen LogP contribution in [0.1, 0.15) is 21.5 Å². The van der Waals surface area contributed by atoms with Crippen molar-refractivity contribution in [2.24, 2.45) is 0 Å². The van der Waals surface area contributed by atoms with E-state index in [1.807, 2.05) is 24.3 Å². The third-order valence-electron chi connectivity index (χ3n) is 4.54. The van der Waals surface area contributed by atoms with Gasteiger partial charge in [0.1, 0.15) is 17.4 Å². The molecule has 2 aromatic carbocycles. The van der Waals surface area contributed by atoms with Gasteiger partial charge < -0.3 is 14.4 Å². The van der Waals surface area contributed by atoms with Gasteiger partial charge in [-0.05, 0) is 23.3 Å². The van der Waals surface area contributed by atoms with Crippen LogP contribution in [0.3, 0.4) is 0 Å². The highest BCUT2D eigenvalue weighted by molar-refractivity contribution is 6.33. The smallest absolute Gasteiger partial charge is 0.343 e. The van der Waals surface area contributed by atoms with Crippen molar-refractivity contribution in [1.29, 1.82) is 0 Å². The maximum Gasteiger partial charge on any atom is 0.343 e. The molecule has 1 heterocycles. The van der Waals surface area contributed by atoms with Crippen molar-refractivity contribution >= 4 is 29.4 Å². The fourth-order valence-corrected chi connectivity index (χ4v) is 3.35. The number of carbonyl (C=O) groups excluding carboxylic acids is 3. The molecule has 3 rings (SSSR count). The monoisotopic (exact) mass is 405 g/mol. The van der Waals surface area contributed by atoms with E-state index in [2.05, 4.69) is 0 Å². The number of amides is 1. The van der Waals surface area contributed by atoms with Gasteiger partial charge in [-0.2, -0.15) is 0 Å². The second-order valence-corrected chi connectivity index (χ2v) is 6.61. The summed E-state index contributed by atoms with van der Waals surface area (Å²) in [6.45, 7) is -0.480. The summed E-state index contributed by atoms with van der Waals surface area (Å²) in [6.07, 6.45) is 0.293. The highest BCUT2D eigenvalue weighted by Crippen LogP contribution is 2.25. The molecule has 0 spiro atoms. The van der Waals surface area contributed by atoms with E-state index in [1.165, 1.54) is 24.1 Å². The molecule has 0 N–H and O–H groups in total. The van der Waals surface area contributed by atoms with Crippen LogP contribution in [0, 0.1) is 5.82 Å². The molecule has 1 atom stereocenters. The normalized spacial score (nSPS) is 15.5. The molecule has 1 aliphatic rings. The first-order valence-corrected chi connectivity index (χ1v) is 8.85. The summed E-state index contributed by atoms with van der Waals surface area (Å²) in [7, 11) is 1.24. The average molecular weight is 406 g/mol. The Kier molecular flexibility index (Phi) is 5.94. The number of nitrogens with zero attached hydrogens (tertiary/aromatic N) is 1. The summed E-state index contributed by atoms with van der Waals surface area (Å²) in [4.78, 5) is 38.2. The average Bonchev–Trinajstić information content (AvgIpc) is 2.70. The van der Waals surface area contributed by atoms with Crippen LogP contribution >= 0.6 is 11.6 Å². The number of benzene rings is 2. The molecule has 0 fully saturated rings. The molecule has 146 valence electrons.